The summed E-state index contributed by atoms with van der Waals surface area (Å²) in [5.74, 6) is -0.229. The Labute approximate surface area is 204 Å². The molecule has 0 saturated heterocycles. The van der Waals surface area contributed by atoms with Gasteiger partial charge in [-0.2, -0.15) is 0 Å². The average Bonchev–Trinajstić information content (AvgIpc) is 2.86. The number of sulfonamides is 1. The lowest BCUT2D eigenvalue weighted by Crippen LogP contribution is -2.41. The number of nitrogens with one attached hydrogen (secondary N) is 1. The van der Waals surface area contributed by atoms with Gasteiger partial charge < -0.3 is 19.5 Å². The molecular weight excluding hydrogens is 475 g/mol. The molecule has 1 N–H and O–H groups in total. The summed E-state index contributed by atoms with van der Waals surface area (Å²) in [7, 11) is -1.55. The van der Waals surface area contributed by atoms with E-state index < -0.39 is 28.3 Å². The molecule has 0 aliphatic rings. The number of hydrogen-bond acceptors (Lipinski definition) is 6. The van der Waals surface area contributed by atoms with E-state index in [2.05, 4.69) is 5.32 Å². The number of carbonyl (C=O) groups excluding carboxylic acids is 1. The molecule has 0 atom stereocenters. The Morgan fingerprint density at radius 3 is 2.40 bits per heavy atom. The standard InChI is InChI=1S/C25H27FN2O6S/c1-4-34-19-9-7-8-18(14-19)16-27-25(29)17-28(22-11-6-5-10-21(22)26)35(30,31)20-12-13-23(32-2)24(15-20)33-3/h5-15H,4,16-17H2,1-3H3,(H,27,29). The fourth-order valence-electron chi connectivity index (χ4n) is 3.36. The number of rotatable bonds is 11. The van der Waals surface area contributed by atoms with Crippen molar-refractivity contribution in [3.63, 3.8) is 0 Å². The number of anilines is 1. The zero-order valence-corrected chi connectivity index (χ0v) is 20.5. The summed E-state index contributed by atoms with van der Waals surface area (Å²) in [6.07, 6.45) is 0. The van der Waals surface area contributed by atoms with Crippen LogP contribution in [-0.2, 0) is 21.4 Å². The van der Waals surface area contributed by atoms with Crippen molar-refractivity contribution in [2.45, 2.75) is 18.4 Å². The molecule has 0 aliphatic carbocycles. The third-order valence-corrected chi connectivity index (χ3v) is 6.81. The van der Waals surface area contributed by atoms with Crippen LogP contribution in [0.3, 0.4) is 0 Å². The van der Waals surface area contributed by atoms with Gasteiger partial charge in [-0.05, 0) is 48.9 Å². The Balaban J connectivity index is 1.89. The van der Waals surface area contributed by atoms with Gasteiger partial charge >= 0.3 is 0 Å². The molecule has 0 unspecified atom stereocenters. The van der Waals surface area contributed by atoms with E-state index in [0.717, 1.165) is 15.9 Å². The van der Waals surface area contributed by atoms with Gasteiger partial charge in [0.05, 0.1) is 31.4 Å². The summed E-state index contributed by atoms with van der Waals surface area (Å²) >= 11 is 0. The second-order valence-corrected chi connectivity index (χ2v) is 9.20. The van der Waals surface area contributed by atoms with E-state index in [1.54, 1.807) is 24.3 Å². The smallest absolute Gasteiger partial charge is 0.265 e. The number of halogens is 1. The van der Waals surface area contributed by atoms with Crippen LogP contribution in [0.15, 0.2) is 71.6 Å². The summed E-state index contributed by atoms with van der Waals surface area (Å²) in [4.78, 5) is 12.6. The van der Waals surface area contributed by atoms with Crippen LogP contribution in [-0.4, -0.2) is 41.7 Å². The molecule has 3 rings (SSSR count). The maximum atomic E-state index is 14.7. The fraction of sp³-hybridized carbons (Fsp3) is 0.240. The topological polar surface area (TPSA) is 94.2 Å². The molecule has 3 aromatic carbocycles. The van der Waals surface area contributed by atoms with Crippen LogP contribution in [0.1, 0.15) is 12.5 Å². The molecule has 186 valence electrons. The predicted molar refractivity (Wildman–Crippen MR) is 130 cm³/mol. The summed E-state index contributed by atoms with van der Waals surface area (Å²) in [5, 5.41) is 2.68. The van der Waals surface area contributed by atoms with Gasteiger partial charge in [0.2, 0.25) is 5.91 Å². The van der Waals surface area contributed by atoms with Crippen molar-refractivity contribution in [1.29, 1.82) is 0 Å². The molecule has 1 amide bonds. The minimum atomic E-state index is -4.35. The Kier molecular flexibility index (Phi) is 8.53. The van der Waals surface area contributed by atoms with Gasteiger partial charge in [0, 0.05) is 12.6 Å². The number of hydrogen-bond donors (Lipinski definition) is 1. The van der Waals surface area contributed by atoms with Gasteiger partial charge in [-0.25, -0.2) is 12.8 Å². The highest BCUT2D eigenvalue weighted by Gasteiger charge is 2.30. The lowest BCUT2D eigenvalue weighted by molar-refractivity contribution is -0.119. The molecule has 10 heteroatoms. The molecule has 0 aliphatic heterocycles. The molecule has 0 radical (unpaired) electrons. The van der Waals surface area contributed by atoms with E-state index in [1.807, 2.05) is 6.92 Å². The van der Waals surface area contributed by atoms with E-state index in [-0.39, 0.29) is 22.9 Å². The van der Waals surface area contributed by atoms with E-state index in [9.17, 15) is 17.6 Å². The van der Waals surface area contributed by atoms with Crippen molar-refractivity contribution in [1.82, 2.24) is 5.32 Å². The highest BCUT2D eigenvalue weighted by Crippen LogP contribution is 2.32. The maximum Gasteiger partial charge on any atom is 0.265 e. The molecule has 0 aromatic heterocycles. The Morgan fingerprint density at radius 1 is 0.971 bits per heavy atom. The molecule has 0 saturated carbocycles. The van der Waals surface area contributed by atoms with Crippen molar-refractivity contribution in [2.75, 3.05) is 31.7 Å². The molecule has 8 nitrogen and oxygen atoms in total. The summed E-state index contributed by atoms with van der Waals surface area (Å²) in [5.41, 5.74) is 0.514. The van der Waals surface area contributed by atoms with Gasteiger partial charge in [-0.3, -0.25) is 9.10 Å². The number of benzene rings is 3. The zero-order chi connectivity index (χ0) is 25.4. The fourth-order valence-corrected chi connectivity index (χ4v) is 4.80. The van der Waals surface area contributed by atoms with E-state index in [1.165, 1.54) is 50.6 Å². The quantitative estimate of drug-likeness (QED) is 0.429. The van der Waals surface area contributed by atoms with E-state index in [4.69, 9.17) is 14.2 Å². The van der Waals surface area contributed by atoms with Gasteiger partial charge in [-0.1, -0.05) is 24.3 Å². The first kappa shape index (κ1) is 25.8. The average molecular weight is 503 g/mol. The van der Waals surface area contributed by atoms with Crippen molar-refractivity contribution in [3.8, 4) is 17.2 Å². The minimum absolute atomic E-state index is 0.140. The predicted octanol–water partition coefficient (Wildman–Crippen LogP) is 3.75. The number of amides is 1. The van der Waals surface area contributed by atoms with Gasteiger partial charge in [0.25, 0.3) is 10.0 Å². The van der Waals surface area contributed by atoms with Crippen molar-refractivity contribution < 1.29 is 31.8 Å². The van der Waals surface area contributed by atoms with Gasteiger partial charge in [0.1, 0.15) is 18.1 Å². The Hall–Kier alpha value is -3.79. The molecule has 35 heavy (non-hydrogen) atoms. The Bertz CT molecular complexity index is 1280. The lowest BCUT2D eigenvalue weighted by Gasteiger charge is -2.25. The minimum Gasteiger partial charge on any atom is -0.494 e. The highest BCUT2D eigenvalue weighted by atomic mass is 32.2. The molecule has 3 aromatic rings. The van der Waals surface area contributed by atoms with E-state index in [0.29, 0.717) is 18.1 Å². The first-order valence-electron chi connectivity index (χ1n) is 10.8. The third kappa shape index (κ3) is 6.21. The summed E-state index contributed by atoms with van der Waals surface area (Å²) in [6.45, 7) is 1.87. The third-order valence-electron chi connectivity index (χ3n) is 5.05. The van der Waals surface area contributed by atoms with Gasteiger partial charge in [-0.15, -0.1) is 0 Å². The van der Waals surface area contributed by atoms with E-state index >= 15 is 0 Å². The van der Waals surface area contributed by atoms with Crippen molar-refractivity contribution in [3.05, 3.63) is 78.1 Å². The summed E-state index contributed by atoms with van der Waals surface area (Å²) < 4.78 is 58.3. The molecule has 0 bridgehead atoms. The van der Waals surface area contributed by atoms with Crippen molar-refractivity contribution in [2.24, 2.45) is 0 Å². The van der Waals surface area contributed by atoms with Crippen LogP contribution in [0.2, 0.25) is 0 Å². The highest BCUT2D eigenvalue weighted by molar-refractivity contribution is 7.92. The molecule has 0 spiro atoms. The Morgan fingerprint density at radius 2 is 1.71 bits per heavy atom. The normalized spacial score (nSPS) is 11.0. The summed E-state index contributed by atoms with van der Waals surface area (Å²) in [6, 6.07) is 16.5. The lowest BCUT2D eigenvalue weighted by atomic mass is 10.2. The van der Waals surface area contributed by atoms with Crippen LogP contribution in [0, 0.1) is 5.82 Å². The molecular formula is C25H27FN2O6S. The van der Waals surface area contributed by atoms with Crippen LogP contribution in [0.4, 0.5) is 10.1 Å². The first-order valence-corrected chi connectivity index (χ1v) is 12.2. The van der Waals surface area contributed by atoms with Gasteiger partial charge in [0.15, 0.2) is 11.5 Å². The number of para-hydroxylation sites is 1. The zero-order valence-electron chi connectivity index (χ0n) is 19.7. The van der Waals surface area contributed by atoms with Crippen molar-refractivity contribution >= 4 is 21.6 Å². The first-order chi connectivity index (χ1) is 16.8. The monoisotopic (exact) mass is 502 g/mol. The SMILES string of the molecule is CCOc1cccc(CNC(=O)CN(c2ccccc2F)S(=O)(=O)c2ccc(OC)c(OC)c2)c1. The number of carbonyl (C=O) groups is 1. The maximum absolute atomic E-state index is 14.7. The molecule has 0 heterocycles. The second kappa shape index (κ2) is 11.6. The van der Waals surface area contributed by atoms with Crippen LogP contribution in [0.25, 0.3) is 0 Å². The number of methoxy groups -OCH3 is 2. The number of nitrogens with zero attached hydrogens (tertiary/aromatic N) is 1. The molecule has 0 fully saturated rings. The number of ether oxygens (including phenoxy) is 3. The van der Waals surface area contributed by atoms with Crippen LogP contribution >= 0.6 is 0 Å². The largest absolute Gasteiger partial charge is 0.494 e. The van der Waals surface area contributed by atoms with Crippen LogP contribution in [0.5, 0.6) is 17.2 Å². The second-order valence-electron chi connectivity index (χ2n) is 7.34. The van der Waals surface area contributed by atoms with Crippen LogP contribution < -0.4 is 23.8 Å².